The molecule has 1 aromatic carbocycles. The minimum Gasteiger partial charge on any atom is -0.385 e. The average Bonchev–Trinajstić information content (AvgIpc) is 2.55. The van der Waals surface area contributed by atoms with E-state index < -0.39 is 0 Å². The smallest absolute Gasteiger partial charge is 0.251 e. The maximum Gasteiger partial charge on any atom is 0.251 e. The molecule has 2 aliphatic heterocycles. The number of nitrogens with one attached hydrogen (secondary N) is 2. The van der Waals surface area contributed by atoms with Crippen LogP contribution in [0.5, 0.6) is 0 Å². The lowest BCUT2D eigenvalue weighted by molar-refractivity contribution is 0.0948. The highest BCUT2D eigenvalue weighted by atomic mass is 35.5. The molecule has 130 valence electrons. The number of fused-ring (bicyclic) bond motifs is 1. The number of amides is 1. The van der Waals surface area contributed by atoms with E-state index >= 15 is 0 Å². The van der Waals surface area contributed by atoms with Crippen LogP contribution in [0.25, 0.3) is 0 Å². The highest BCUT2D eigenvalue weighted by molar-refractivity contribution is 7.99. The molecule has 1 fully saturated rings. The van der Waals surface area contributed by atoms with Gasteiger partial charge in [-0.05, 0) is 30.5 Å². The number of anilines is 1. The first kappa shape index (κ1) is 20.4. The molecule has 0 aromatic heterocycles. The van der Waals surface area contributed by atoms with Crippen molar-refractivity contribution in [3.8, 4) is 0 Å². The number of nitrogens with zero attached hydrogens (tertiary/aromatic N) is 1. The molecule has 4 nitrogen and oxygen atoms in total. The normalized spacial score (nSPS) is 17.0. The summed E-state index contributed by atoms with van der Waals surface area (Å²) in [6.45, 7) is 4.99. The zero-order chi connectivity index (χ0) is 14.5. The van der Waals surface area contributed by atoms with Crippen LogP contribution in [0, 0.1) is 0 Å². The zero-order valence-corrected chi connectivity index (χ0v) is 15.6. The molecule has 0 aliphatic carbocycles. The Morgan fingerprint density at radius 2 is 2.04 bits per heavy atom. The number of carbonyl (C=O) groups excluding carboxylic acids is 1. The topological polar surface area (TPSA) is 44.4 Å². The lowest BCUT2D eigenvalue weighted by Crippen LogP contribution is -2.39. The first-order valence-electron chi connectivity index (χ1n) is 7.78. The van der Waals surface area contributed by atoms with Crippen LogP contribution >= 0.6 is 36.6 Å². The van der Waals surface area contributed by atoms with E-state index in [2.05, 4.69) is 21.6 Å². The first-order valence-corrected chi connectivity index (χ1v) is 8.94. The quantitative estimate of drug-likeness (QED) is 0.846. The van der Waals surface area contributed by atoms with Gasteiger partial charge in [0.25, 0.3) is 5.91 Å². The van der Waals surface area contributed by atoms with E-state index in [1.165, 1.54) is 17.1 Å². The summed E-state index contributed by atoms with van der Waals surface area (Å²) in [6, 6.07) is 5.98. The van der Waals surface area contributed by atoms with Gasteiger partial charge in [0.05, 0.1) is 0 Å². The maximum absolute atomic E-state index is 12.4. The molecule has 2 N–H and O–H groups in total. The Morgan fingerprint density at radius 3 is 2.83 bits per heavy atom. The van der Waals surface area contributed by atoms with Crippen LogP contribution in [0.3, 0.4) is 0 Å². The number of hydrogen-bond donors (Lipinski definition) is 2. The fourth-order valence-corrected chi connectivity index (χ4v) is 3.95. The Bertz CT molecular complexity index is 510. The van der Waals surface area contributed by atoms with Gasteiger partial charge >= 0.3 is 0 Å². The third kappa shape index (κ3) is 5.45. The summed E-state index contributed by atoms with van der Waals surface area (Å²) in [7, 11) is 0. The van der Waals surface area contributed by atoms with E-state index in [-0.39, 0.29) is 30.7 Å². The Hall–Kier alpha value is -0.620. The van der Waals surface area contributed by atoms with Crippen molar-refractivity contribution in [2.24, 2.45) is 0 Å². The lowest BCUT2D eigenvalue weighted by Gasteiger charge is -2.26. The molecule has 0 saturated carbocycles. The number of hydrogen-bond acceptors (Lipinski definition) is 4. The minimum atomic E-state index is 0. The molecule has 23 heavy (non-hydrogen) atoms. The molecular weight excluding hydrogens is 353 g/mol. The summed E-state index contributed by atoms with van der Waals surface area (Å²) in [5.41, 5.74) is 3.14. The van der Waals surface area contributed by atoms with Crippen LogP contribution in [0.15, 0.2) is 18.2 Å². The molecule has 1 saturated heterocycles. The van der Waals surface area contributed by atoms with Gasteiger partial charge in [-0.25, -0.2) is 0 Å². The maximum atomic E-state index is 12.4. The van der Waals surface area contributed by atoms with Crippen molar-refractivity contribution in [3.05, 3.63) is 29.3 Å². The molecule has 0 unspecified atom stereocenters. The van der Waals surface area contributed by atoms with Crippen molar-refractivity contribution in [2.45, 2.75) is 12.8 Å². The van der Waals surface area contributed by atoms with Crippen molar-refractivity contribution in [2.75, 3.05) is 49.5 Å². The van der Waals surface area contributed by atoms with Crippen LogP contribution in [-0.4, -0.2) is 55.0 Å². The fourth-order valence-electron chi connectivity index (χ4n) is 2.97. The molecule has 0 bridgehead atoms. The molecule has 1 amide bonds. The second-order valence-electron chi connectivity index (χ2n) is 5.57. The summed E-state index contributed by atoms with van der Waals surface area (Å²) >= 11 is 2.01. The van der Waals surface area contributed by atoms with Crippen molar-refractivity contribution < 1.29 is 4.79 Å². The molecule has 3 rings (SSSR count). The fraction of sp³-hybridized carbons (Fsp3) is 0.562. The summed E-state index contributed by atoms with van der Waals surface area (Å²) < 4.78 is 0. The Labute approximate surface area is 155 Å². The predicted molar refractivity (Wildman–Crippen MR) is 104 cm³/mol. The van der Waals surface area contributed by atoms with Crippen molar-refractivity contribution in [1.82, 2.24) is 10.2 Å². The van der Waals surface area contributed by atoms with E-state index in [1.807, 2.05) is 23.9 Å². The Kier molecular flexibility index (Phi) is 9.14. The first-order chi connectivity index (χ1) is 10.3. The van der Waals surface area contributed by atoms with E-state index in [0.29, 0.717) is 0 Å². The largest absolute Gasteiger partial charge is 0.385 e. The summed E-state index contributed by atoms with van der Waals surface area (Å²) in [4.78, 5) is 14.8. The van der Waals surface area contributed by atoms with Crippen molar-refractivity contribution >= 4 is 48.2 Å². The van der Waals surface area contributed by atoms with Crippen LogP contribution in [-0.2, 0) is 6.42 Å². The van der Waals surface area contributed by atoms with Gasteiger partial charge in [-0.3, -0.25) is 9.69 Å². The molecule has 0 radical (unpaired) electrons. The second kappa shape index (κ2) is 10.3. The Morgan fingerprint density at radius 1 is 1.26 bits per heavy atom. The van der Waals surface area contributed by atoms with E-state index in [4.69, 9.17) is 0 Å². The number of rotatable bonds is 4. The van der Waals surface area contributed by atoms with Gasteiger partial charge in [-0.1, -0.05) is 6.07 Å². The SMILES string of the molecule is Cl.Cl.O=C(NCCN1CCSCC1)c1cccc2c1CCCN2. The van der Waals surface area contributed by atoms with Gasteiger partial charge in [-0.15, -0.1) is 24.8 Å². The number of benzene rings is 1. The second-order valence-corrected chi connectivity index (χ2v) is 6.80. The zero-order valence-electron chi connectivity index (χ0n) is 13.2. The number of halogens is 2. The van der Waals surface area contributed by atoms with Gasteiger partial charge in [0.15, 0.2) is 0 Å². The molecule has 2 heterocycles. The predicted octanol–water partition coefficient (Wildman–Crippen LogP) is 2.67. The summed E-state index contributed by atoms with van der Waals surface area (Å²) in [6.07, 6.45) is 2.10. The average molecular weight is 378 g/mol. The Balaban J connectivity index is 0.00000132. The van der Waals surface area contributed by atoms with Crippen molar-refractivity contribution in [1.29, 1.82) is 0 Å². The van der Waals surface area contributed by atoms with E-state index in [1.54, 1.807) is 0 Å². The number of thioether (sulfide) groups is 1. The molecule has 2 aliphatic rings. The molecule has 1 aromatic rings. The summed E-state index contributed by atoms with van der Waals surface area (Å²) in [5.74, 6) is 2.50. The van der Waals surface area contributed by atoms with Crippen LogP contribution in [0.2, 0.25) is 0 Å². The molecule has 7 heteroatoms. The molecule has 0 atom stereocenters. The standard InChI is InChI=1S/C16H23N3OS.2ClH/c20-16(18-7-8-19-9-11-21-12-10-19)14-3-1-5-15-13(14)4-2-6-17-15;;/h1,3,5,17H,2,4,6-12H2,(H,18,20);2*1H. The summed E-state index contributed by atoms with van der Waals surface area (Å²) in [5, 5.41) is 6.46. The van der Waals surface area contributed by atoms with E-state index in [0.717, 1.165) is 56.8 Å². The molecular formula is C16H25Cl2N3OS. The van der Waals surface area contributed by atoms with Crippen LogP contribution < -0.4 is 10.6 Å². The molecule has 0 spiro atoms. The van der Waals surface area contributed by atoms with E-state index in [9.17, 15) is 4.79 Å². The van der Waals surface area contributed by atoms with Gasteiger partial charge in [0, 0.05) is 55.5 Å². The van der Waals surface area contributed by atoms with Gasteiger partial charge in [-0.2, -0.15) is 11.8 Å². The van der Waals surface area contributed by atoms with Crippen LogP contribution in [0.1, 0.15) is 22.3 Å². The van der Waals surface area contributed by atoms with Gasteiger partial charge in [0.1, 0.15) is 0 Å². The van der Waals surface area contributed by atoms with Crippen LogP contribution in [0.4, 0.5) is 5.69 Å². The highest BCUT2D eigenvalue weighted by Crippen LogP contribution is 2.25. The highest BCUT2D eigenvalue weighted by Gasteiger charge is 2.17. The lowest BCUT2D eigenvalue weighted by atomic mass is 9.97. The number of carbonyl (C=O) groups is 1. The minimum absolute atomic E-state index is 0. The third-order valence-corrected chi connectivity index (χ3v) is 5.10. The van der Waals surface area contributed by atoms with Gasteiger partial charge in [0.2, 0.25) is 0 Å². The monoisotopic (exact) mass is 377 g/mol. The van der Waals surface area contributed by atoms with Gasteiger partial charge < -0.3 is 10.6 Å². The third-order valence-electron chi connectivity index (χ3n) is 4.16. The van der Waals surface area contributed by atoms with Crippen molar-refractivity contribution in [3.63, 3.8) is 0 Å².